The first kappa shape index (κ1) is 19.5. The number of rotatable bonds is 4. The van der Waals surface area contributed by atoms with E-state index in [0.717, 1.165) is 12.5 Å². The molecule has 0 radical (unpaired) electrons. The number of hydrogen-bond donors (Lipinski definition) is 2. The Morgan fingerprint density at radius 1 is 1.25 bits per heavy atom. The molecule has 0 amide bonds. The molecule has 2 bridgehead atoms. The summed E-state index contributed by atoms with van der Waals surface area (Å²) in [6, 6.07) is 9.36. The number of guanidine groups is 1. The average molecular weight is 443 g/mol. The number of halogens is 1. The molecular formula is C18H30IN5. The summed E-state index contributed by atoms with van der Waals surface area (Å²) in [6.45, 7) is 11.3. The summed E-state index contributed by atoms with van der Waals surface area (Å²) in [5.74, 6) is 0.887. The number of fused-ring (bicyclic) bond motifs is 3. The molecule has 5 nitrogen and oxygen atoms in total. The highest BCUT2D eigenvalue weighted by Gasteiger charge is 2.31. The lowest BCUT2D eigenvalue weighted by Gasteiger charge is -2.47. The van der Waals surface area contributed by atoms with E-state index in [0.29, 0.717) is 6.04 Å². The number of nitrogens with zero attached hydrogens (tertiary/aromatic N) is 3. The van der Waals surface area contributed by atoms with Gasteiger partial charge in [0.25, 0.3) is 0 Å². The molecule has 2 N–H and O–H groups in total. The van der Waals surface area contributed by atoms with Gasteiger partial charge < -0.3 is 10.6 Å². The van der Waals surface area contributed by atoms with Crippen molar-refractivity contribution < 1.29 is 0 Å². The van der Waals surface area contributed by atoms with Crippen molar-refractivity contribution in [1.29, 1.82) is 0 Å². The third kappa shape index (κ3) is 4.61. The van der Waals surface area contributed by atoms with Crippen LogP contribution in [0.15, 0.2) is 29.3 Å². The predicted molar refractivity (Wildman–Crippen MR) is 111 cm³/mol. The maximum absolute atomic E-state index is 4.39. The molecule has 0 spiro atoms. The molecule has 2 unspecified atom stereocenters. The highest BCUT2D eigenvalue weighted by molar-refractivity contribution is 14.0. The van der Waals surface area contributed by atoms with Crippen LogP contribution in [0.2, 0.25) is 0 Å². The number of aryl methyl sites for hydroxylation is 1. The topological polar surface area (TPSA) is 42.9 Å². The molecule has 24 heavy (non-hydrogen) atoms. The van der Waals surface area contributed by atoms with E-state index in [9.17, 15) is 0 Å². The lowest BCUT2D eigenvalue weighted by Crippen LogP contribution is -2.63. The maximum Gasteiger partial charge on any atom is 0.191 e. The van der Waals surface area contributed by atoms with Crippen molar-refractivity contribution in [3.63, 3.8) is 0 Å². The van der Waals surface area contributed by atoms with Crippen LogP contribution in [0.25, 0.3) is 0 Å². The molecule has 0 aliphatic carbocycles. The Labute approximate surface area is 162 Å². The Hall–Kier alpha value is -0.860. The minimum atomic E-state index is 0. The van der Waals surface area contributed by atoms with Gasteiger partial charge in [-0.25, -0.2) is 0 Å². The molecule has 6 heteroatoms. The van der Waals surface area contributed by atoms with Gasteiger partial charge in [0.15, 0.2) is 5.96 Å². The smallest absolute Gasteiger partial charge is 0.191 e. The summed E-state index contributed by atoms with van der Waals surface area (Å²) >= 11 is 0. The summed E-state index contributed by atoms with van der Waals surface area (Å²) in [4.78, 5) is 9.56. The van der Waals surface area contributed by atoms with Crippen molar-refractivity contribution in [3.05, 3.63) is 35.4 Å². The van der Waals surface area contributed by atoms with Gasteiger partial charge in [-0.15, -0.1) is 24.0 Å². The second-order valence-corrected chi connectivity index (χ2v) is 6.67. The third-order valence-electron chi connectivity index (χ3n) is 5.13. The molecule has 0 aromatic heterocycles. The maximum atomic E-state index is 4.39. The standard InChI is InChI=1S/C18H29N5.HI/c1-14-6-4-5-7-17(14)15(2)21-18(19-3)20-12-16-13-22-8-10-23(16)11-9-22;/h4-7,15-16H,8-13H2,1-3H3,(H2,19,20,21);1H. The second-order valence-electron chi connectivity index (χ2n) is 6.67. The Balaban J connectivity index is 0.00000208. The first-order chi connectivity index (χ1) is 11.2. The van der Waals surface area contributed by atoms with Gasteiger partial charge in [0.05, 0.1) is 6.04 Å². The van der Waals surface area contributed by atoms with Gasteiger partial charge in [-0.05, 0) is 25.0 Å². The van der Waals surface area contributed by atoms with Crippen molar-refractivity contribution in [2.75, 3.05) is 46.3 Å². The van der Waals surface area contributed by atoms with E-state index in [-0.39, 0.29) is 30.0 Å². The number of piperazine rings is 3. The minimum absolute atomic E-state index is 0. The molecule has 1 aromatic rings. The fourth-order valence-electron chi connectivity index (χ4n) is 3.68. The van der Waals surface area contributed by atoms with Gasteiger partial charge in [-0.2, -0.15) is 0 Å². The molecule has 3 saturated heterocycles. The predicted octanol–water partition coefficient (Wildman–Crippen LogP) is 1.84. The second kappa shape index (κ2) is 9.01. The van der Waals surface area contributed by atoms with Crippen LogP contribution in [-0.4, -0.2) is 68.1 Å². The summed E-state index contributed by atoms with van der Waals surface area (Å²) in [5.41, 5.74) is 2.63. The molecule has 0 saturated carbocycles. The van der Waals surface area contributed by atoms with E-state index in [1.165, 1.54) is 43.9 Å². The van der Waals surface area contributed by atoms with Crippen LogP contribution in [0.5, 0.6) is 0 Å². The van der Waals surface area contributed by atoms with Gasteiger partial charge in [-0.1, -0.05) is 24.3 Å². The van der Waals surface area contributed by atoms with E-state index in [2.05, 4.69) is 63.5 Å². The number of hydrogen-bond acceptors (Lipinski definition) is 3. The van der Waals surface area contributed by atoms with Gasteiger partial charge in [0.1, 0.15) is 0 Å². The lowest BCUT2D eigenvalue weighted by molar-refractivity contribution is 0.0154. The summed E-state index contributed by atoms with van der Waals surface area (Å²) < 4.78 is 0. The normalized spacial score (nSPS) is 27.3. The molecule has 4 rings (SSSR count). The molecule has 2 atom stereocenters. The zero-order valence-corrected chi connectivity index (χ0v) is 17.3. The third-order valence-corrected chi connectivity index (χ3v) is 5.13. The summed E-state index contributed by atoms with van der Waals surface area (Å²) in [6.07, 6.45) is 0. The fraction of sp³-hybridized carbons (Fsp3) is 0.611. The highest BCUT2D eigenvalue weighted by atomic mass is 127. The van der Waals surface area contributed by atoms with E-state index in [1.54, 1.807) is 0 Å². The molecule has 134 valence electrons. The summed E-state index contributed by atoms with van der Waals surface area (Å²) in [7, 11) is 1.84. The highest BCUT2D eigenvalue weighted by Crippen LogP contribution is 2.17. The zero-order chi connectivity index (χ0) is 16.2. The van der Waals surface area contributed by atoms with Crippen LogP contribution in [0.3, 0.4) is 0 Å². The Kier molecular flexibility index (Phi) is 7.31. The van der Waals surface area contributed by atoms with Gasteiger partial charge >= 0.3 is 0 Å². The molecule has 3 aliphatic rings. The SMILES string of the molecule is CN=C(NCC1CN2CCN1CC2)NC(C)c1ccccc1C.I. The van der Waals surface area contributed by atoms with Crippen molar-refractivity contribution >= 4 is 29.9 Å². The Morgan fingerprint density at radius 2 is 1.96 bits per heavy atom. The van der Waals surface area contributed by atoms with Gasteiger partial charge in [-0.3, -0.25) is 14.8 Å². The number of benzene rings is 1. The Bertz CT molecular complexity index is 554. The van der Waals surface area contributed by atoms with Crippen molar-refractivity contribution in [1.82, 2.24) is 20.4 Å². The first-order valence-corrected chi connectivity index (χ1v) is 8.66. The van der Waals surface area contributed by atoms with E-state index in [1.807, 2.05) is 7.05 Å². The average Bonchev–Trinajstić information content (AvgIpc) is 2.59. The van der Waals surface area contributed by atoms with Gasteiger partial charge in [0, 0.05) is 52.4 Å². The van der Waals surface area contributed by atoms with E-state index in [4.69, 9.17) is 0 Å². The first-order valence-electron chi connectivity index (χ1n) is 8.66. The fourth-order valence-corrected chi connectivity index (χ4v) is 3.68. The van der Waals surface area contributed by atoms with E-state index >= 15 is 0 Å². The summed E-state index contributed by atoms with van der Waals surface area (Å²) in [5, 5.41) is 7.03. The molecule has 3 aliphatic heterocycles. The molecule has 3 fully saturated rings. The van der Waals surface area contributed by atoms with Crippen molar-refractivity contribution in [3.8, 4) is 0 Å². The van der Waals surface area contributed by atoms with Crippen LogP contribution in [0.1, 0.15) is 24.1 Å². The number of nitrogens with one attached hydrogen (secondary N) is 2. The quantitative estimate of drug-likeness (QED) is 0.424. The molecule has 3 heterocycles. The largest absolute Gasteiger partial charge is 0.355 e. The van der Waals surface area contributed by atoms with Crippen LogP contribution in [0.4, 0.5) is 0 Å². The zero-order valence-electron chi connectivity index (χ0n) is 15.0. The van der Waals surface area contributed by atoms with Crippen molar-refractivity contribution in [2.24, 2.45) is 4.99 Å². The molecular weight excluding hydrogens is 413 g/mol. The van der Waals surface area contributed by atoms with Crippen LogP contribution < -0.4 is 10.6 Å². The van der Waals surface area contributed by atoms with Crippen LogP contribution in [-0.2, 0) is 0 Å². The minimum Gasteiger partial charge on any atom is -0.355 e. The van der Waals surface area contributed by atoms with E-state index < -0.39 is 0 Å². The monoisotopic (exact) mass is 443 g/mol. The van der Waals surface area contributed by atoms with Crippen LogP contribution >= 0.6 is 24.0 Å². The Morgan fingerprint density at radius 3 is 2.54 bits per heavy atom. The van der Waals surface area contributed by atoms with Crippen molar-refractivity contribution in [2.45, 2.75) is 25.9 Å². The lowest BCUT2D eigenvalue weighted by atomic mass is 10.0. The molecule has 1 aromatic carbocycles. The van der Waals surface area contributed by atoms with Crippen LogP contribution in [0, 0.1) is 6.92 Å². The number of aliphatic imine (C=N–C) groups is 1. The van der Waals surface area contributed by atoms with Gasteiger partial charge in [0.2, 0.25) is 0 Å².